The lowest BCUT2D eigenvalue weighted by atomic mass is 10.3. The lowest BCUT2D eigenvalue weighted by Gasteiger charge is -1.95. The smallest absolute Gasteiger partial charge is 0.267 e. The van der Waals surface area contributed by atoms with Crippen molar-refractivity contribution in [3.05, 3.63) is 29.6 Å². The van der Waals surface area contributed by atoms with E-state index < -0.39 is 11.8 Å². The second kappa shape index (κ2) is 3.00. The molecule has 4 N–H and O–H groups in total. The first kappa shape index (κ1) is 8.19. The van der Waals surface area contributed by atoms with E-state index in [1.165, 1.54) is 12.1 Å². The Morgan fingerprint density at radius 3 is 2.50 bits per heavy atom. The van der Waals surface area contributed by atoms with Crippen molar-refractivity contribution >= 4 is 11.8 Å². The van der Waals surface area contributed by atoms with Crippen molar-refractivity contribution in [3.63, 3.8) is 0 Å². The third kappa shape index (κ3) is 1.57. The van der Waals surface area contributed by atoms with Gasteiger partial charge < -0.3 is 11.5 Å². The van der Waals surface area contributed by atoms with E-state index >= 15 is 0 Å². The number of carbonyl (C=O) groups is 2. The fourth-order valence-corrected chi connectivity index (χ4v) is 0.653. The largest absolute Gasteiger partial charge is 0.364 e. The molecule has 1 rings (SSSR count). The number of hydrogen-bond donors (Lipinski definition) is 2. The van der Waals surface area contributed by atoms with E-state index in [1.54, 1.807) is 0 Å². The highest BCUT2D eigenvalue weighted by Gasteiger charge is 2.06. The molecule has 1 aromatic heterocycles. The van der Waals surface area contributed by atoms with Crippen molar-refractivity contribution in [3.8, 4) is 0 Å². The maximum Gasteiger partial charge on any atom is 0.267 e. The van der Waals surface area contributed by atoms with Crippen LogP contribution in [0.2, 0.25) is 0 Å². The Morgan fingerprint density at radius 1 is 1.33 bits per heavy atom. The molecule has 0 saturated heterocycles. The molecule has 0 aromatic carbocycles. The average Bonchev–Trinajstić information content (AvgIpc) is 2.04. The highest BCUT2D eigenvalue weighted by atomic mass is 16.1. The quantitative estimate of drug-likeness (QED) is 0.591. The Labute approximate surface area is 68.4 Å². The van der Waals surface area contributed by atoms with Crippen molar-refractivity contribution in [2.24, 2.45) is 11.5 Å². The number of nitrogens with two attached hydrogens (primary N) is 2. The zero-order valence-corrected chi connectivity index (χ0v) is 6.07. The van der Waals surface area contributed by atoms with Gasteiger partial charge in [-0.3, -0.25) is 9.59 Å². The van der Waals surface area contributed by atoms with Crippen LogP contribution in [0.25, 0.3) is 0 Å². The molecule has 0 atom stereocenters. The van der Waals surface area contributed by atoms with Gasteiger partial charge in [0.05, 0.1) is 0 Å². The van der Waals surface area contributed by atoms with Crippen molar-refractivity contribution in [1.29, 1.82) is 0 Å². The SMILES string of the molecule is NC(=O)c1[c]ccc(C(N)=O)n1. The molecule has 12 heavy (non-hydrogen) atoms. The van der Waals surface area contributed by atoms with Gasteiger partial charge in [0.15, 0.2) is 0 Å². The van der Waals surface area contributed by atoms with Crippen LogP contribution in [0.3, 0.4) is 0 Å². The van der Waals surface area contributed by atoms with Gasteiger partial charge in [-0.15, -0.1) is 0 Å². The zero-order chi connectivity index (χ0) is 9.14. The number of amides is 2. The first-order valence-electron chi connectivity index (χ1n) is 3.09. The van der Waals surface area contributed by atoms with Crippen molar-refractivity contribution in [2.75, 3.05) is 0 Å². The molecule has 0 aliphatic rings. The van der Waals surface area contributed by atoms with Crippen molar-refractivity contribution in [2.45, 2.75) is 0 Å². The fourth-order valence-electron chi connectivity index (χ4n) is 0.653. The third-order valence-electron chi connectivity index (χ3n) is 1.18. The predicted octanol–water partition coefficient (Wildman–Crippen LogP) is -0.920. The number of nitrogens with zero attached hydrogens (tertiary/aromatic N) is 1. The van der Waals surface area contributed by atoms with Crippen LogP contribution < -0.4 is 11.5 Å². The average molecular weight is 164 g/mol. The third-order valence-corrected chi connectivity index (χ3v) is 1.18. The van der Waals surface area contributed by atoms with E-state index in [9.17, 15) is 9.59 Å². The van der Waals surface area contributed by atoms with Gasteiger partial charge in [0.25, 0.3) is 11.8 Å². The number of rotatable bonds is 2. The maximum absolute atomic E-state index is 10.6. The van der Waals surface area contributed by atoms with Gasteiger partial charge in [-0.1, -0.05) is 0 Å². The molecular weight excluding hydrogens is 158 g/mol. The Balaban J connectivity index is 3.12. The Hall–Kier alpha value is -1.91. The summed E-state index contributed by atoms with van der Waals surface area (Å²) < 4.78 is 0. The first-order valence-corrected chi connectivity index (χ1v) is 3.09. The molecule has 0 saturated carbocycles. The standard InChI is InChI=1S/C7H6N3O2/c8-6(11)4-2-1-3-5(10-4)7(9)12/h1-2H,(H2,8,11)(H2,9,12). The van der Waals surface area contributed by atoms with Crippen LogP contribution in [-0.2, 0) is 0 Å². The Bertz CT molecular complexity index is 306. The van der Waals surface area contributed by atoms with E-state index in [0.717, 1.165) is 0 Å². The minimum Gasteiger partial charge on any atom is -0.364 e. The lowest BCUT2D eigenvalue weighted by molar-refractivity contribution is 0.0992. The van der Waals surface area contributed by atoms with Gasteiger partial charge in [-0.25, -0.2) is 4.98 Å². The van der Waals surface area contributed by atoms with E-state index in [-0.39, 0.29) is 11.4 Å². The molecule has 0 spiro atoms. The predicted molar refractivity (Wildman–Crippen MR) is 40.1 cm³/mol. The van der Waals surface area contributed by atoms with E-state index in [1.807, 2.05) is 0 Å². The maximum atomic E-state index is 10.6. The Kier molecular flexibility index (Phi) is 2.05. The van der Waals surface area contributed by atoms with Gasteiger partial charge in [0.1, 0.15) is 11.4 Å². The Morgan fingerprint density at radius 2 is 2.00 bits per heavy atom. The van der Waals surface area contributed by atoms with Crippen LogP contribution >= 0.6 is 0 Å². The van der Waals surface area contributed by atoms with Crippen LogP contribution in [-0.4, -0.2) is 16.8 Å². The molecule has 0 aliphatic heterocycles. The number of carbonyl (C=O) groups excluding carboxylic acids is 2. The molecule has 0 aliphatic carbocycles. The minimum atomic E-state index is -0.738. The molecular formula is C7H6N3O2. The van der Waals surface area contributed by atoms with Crippen LogP contribution in [0.15, 0.2) is 12.1 Å². The number of primary amides is 2. The highest BCUT2D eigenvalue weighted by Crippen LogP contribution is 1.96. The monoisotopic (exact) mass is 164 g/mol. The summed E-state index contributed by atoms with van der Waals surface area (Å²) in [7, 11) is 0. The summed E-state index contributed by atoms with van der Waals surface area (Å²) in [4.78, 5) is 24.7. The molecule has 0 fully saturated rings. The zero-order valence-electron chi connectivity index (χ0n) is 6.07. The van der Waals surface area contributed by atoms with Crippen LogP contribution in [0.5, 0.6) is 0 Å². The fraction of sp³-hybridized carbons (Fsp3) is 0. The van der Waals surface area contributed by atoms with Gasteiger partial charge in [0, 0.05) is 6.07 Å². The van der Waals surface area contributed by atoms with E-state index in [2.05, 4.69) is 11.1 Å². The van der Waals surface area contributed by atoms with Gasteiger partial charge >= 0.3 is 0 Å². The van der Waals surface area contributed by atoms with Crippen LogP contribution in [0, 0.1) is 6.07 Å². The minimum absolute atomic E-state index is 0.00236. The molecule has 61 valence electrons. The first-order chi connectivity index (χ1) is 5.61. The van der Waals surface area contributed by atoms with E-state index in [4.69, 9.17) is 11.5 Å². The molecule has 1 heterocycles. The second-order valence-corrected chi connectivity index (χ2v) is 2.05. The summed E-state index contributed by atoms with van der Waals surface area (Å²) in [5, 5.41) is 0. The number of aromatic nitrogens is 1. The molecule has 0 unspecified atom stereocenters. The summed E-state index contributed by atoms with van der Waals surface area (Å²) in [5.74, 6) is -1.44. The lowest BCUT2D eigenvalue weighted by Crippen LogP contribution is -2.18. The van der Waals surface area contributed by atoms with Gasteiger partial charge in [-0.2, -0.15) is 0 Å². The summed E-state index contributed by atoms with van der Waals surface area (Å²) in [6.45, 7) is 0. The van der Waals surface area contributed by atoms with E-state index in [0.29, 0.717) is 0 Å². The molecule has 2 amide bonds. The highest BCUT2D eigenvalue weighted by molar-refractivity contribution is 5.94. The summed E-state index contributed by atoms with van der Waals surface area (Å²) in [6.07, 6.45) is 0. The molecule has 1 radical (unpaired) electrons. The normalized spacial score (nSPS) is 9.33. The molecule has 5 heteroatoms. The molecule has 0 bridgehead atoms. The van der Waals surface area contributed by atoms with Gasteiger partial charge in [0.2, 0.25) is 0 Å². The summed E-state index contributed by atoms with van der Waals surface area (Å²) in [6, 6.07) is 5.19. The second-order valence-electron chi connectivity index (χ2n) is 2.05. The topological polar surface area (TPSA) is 99.1 Å². The summed E-state index contributed by atoms with van der Waals surface area (Å²) in [5.41, 5.74) is 9.72. The van der Waals surface area contributed by atoms with Crippen molar-refractivity contribution < 1.29 is 9.59 Å². The summed E-state index contributed by atoms with van der Waals surface area (Å²) >= 11 is 0. The molecule has 1 aromatic rings. The number of pyridine rings is 1. The van der Waals surface area contributed by atoms with Crippen LogP contribution in [0.1, 0.15) is 21.0 Å². The van der Waals surface area contributed by atoms with Gasteiger partial charge in [-0.05, 0) is 12.1 Å². The molecule has 5 nitrogen and oxygen atoms in total. The number of hydrogen-bond acceptors (Lipinski definition) is 3. The van der Waals surface area contributed by atoms with Crippen molar-refractivity contribution in [1.82, 2.24) is 4.98 Å². The van der Waals surface area contributed by atoms with Crippen LogP contribution in [0.4, 0.5) is 0 Å².